The predicted octanol–water partition coefficient (Wildman–Crippen LogP) is 3.04. The van der Waals surface area contributed by atoms with Gasteiger partial charge in [0.15, 0.2) is 0 Å². The van der Waals surface area contributed by atoms with Crippen molar-refractivity contribution in [1.29, 1.82) is 0 Å². The second-order valence-corrected chi connectivity index (χ2v) is 10.8. The number of rotatable bonds is 5. The number of halogens is 1. The minimum Gasteiger partial charge on any atom is -0.465 e. The maximum Gasteiger partial charge on any atom is 0.312 e. The number of aryl methyl sites for hydroxylation is 1. The monoisotopic (exact) mass is 528 g/mol. The van der Waals surface area contributed by atoms with Gasteiger partial charge in [-0.25, -0.2) is 0 Å². The van der Waals surface area contributed by atoms with Crippen LogP contribution in [0.2, 0.25) is 5.02 Å². The van der Waals surface area contributed by atoms with E-state index < -0.39 is 41.6 Å². The zero-order chi connectivity index (χ0) is 26.5. The van der Waals surface area contributed by atoms with Crippen LogP contribution in [0.25, 0.3) is 0 Å². The van der Waals surface area contributed by atoms with E-state index in [0.29, 0.717) is 23.6 Å². The summed E-state index contributed by atoms with van der Waals surface area (Å²) in [6.45, 7) is 5.92. The lowest BCUT2D eigenvalue weighted by Gasteiger charge is -2.40. The van der Waals surface area contributed by atoms with Gasteiger partial charge in [0.05, 0.1) is 42.0 Å². The van der Waals surface area contributed by atoms with Gasteiger partial charge in [-0.2, -0.15) is 0 Å². The second kappa shape index (κ2) is 9.89. The second-order valence-electron chi connectivity index (χ2n) is 10.4. The maximum absolute atomic E-state index is 14.5. The fourth-order valence-electron chi connectivity index (χ4n) is 6.38. The number of para-hydroxylation sites is 1. The highest BCUT2D eigenvalue weighted by Gasteiger charge is 2.72. The molecule has 0 saturated carbocycles. The molecule has 9 heteroatoms. The average Bonchev–Trinajstić information content (AvgIpc) is 3.24. The number of likely N-dealkylation sites (tertiary alicyclic amines) is 1. The minimum atomic E-state index is -1.39. The summed E-state index contributed by atoms with van der Waals surface area (Å²) < 4.78 is 12.1. The van der Waals surface area contributed by atoms with Crippen molar-refractivity contribution in [3.63, 3.8) is 0 Å². The Morgan fingerprint density at radius 3 is 2.70 bits per heavy atom. The van der Waals surface area contributed by atoms with Crippen LogP contribution in [0.4, 0.5) is 5.69 Å². The Kier molecular flexibility index (Phi) is 6.94. The van der Waals surface area contributed by atoms with Crippen LogP contribution >= 0.6 is 11.6 Å². The van der Waals surface area contributed by atoms with Crippen molar-refractivity contribution in [1.82, 2.24) is 4.90 Å². The molecule has 0 aromatic heterocycles. The largest absolute Gasteiger partial charge is 0.465 e. The summed E-state index contributed by atoms with van der Waals surface area (Å²) in [6, 6.07) is 3.72. The number of aliphatic hydroxyl groups excluding tert-OH is 1. The normalized spacial score (nSPS) is 32.7. The van der Waals surface area contributed by atoms with Gasteiger partial charge in [0, 0.05) is 6.54 Å². The van der Waals surface area contributed by atoms with Crippen molar-refractivity contribution in [2.75, 3.05) is 24.7 Å². The molecule has 0 aliphatic carbocycles. The van der Waals surface area contributed by atoms with E-state index in [4.69, 9.17) is 21.1 Å². The molecule has 2 amide bonds. The summed E-state index contributed by atoms with van der Waals surface area (Å²) in [7, 11) is 0. The van der Waals surface area contributed by atoms with E-state index in [1.54, 1.807) is 17.0 Å². The number of hydrogen-bond acceptors (Lipinski definition) is 6. The van der Waals surface area contributed by atoms with Gasteiger partial charge in [0.2, 0.25) is 5.91 Å². The first kappa shape index (κ1) is 25.9. The molecule has 0 bridgehead atoms. The van der Waals surface area contributed by atoms with Crippen LogP contribution in [0.3, 0.4) is 0 Å². The number of ether oxygens (including phenoxy) is 2. The number of benzene rings is 1. The van der Waals surface area contributed by atoms with Crippen LogP contribution in [0.5, 0.6) is 0 Å². The van der Waals surface area contributed by atoms with Crippen molar-refractivity contribution in [2.24, 2.45) is 17.8 Å². The smallest absolute Gasteiger partial charge is 0.312 e. The molecule has 2 saturated heterocycles. The molecule has 4 aliphatic heterocycles. The highest BCUT2D eigenvalue weighted by Crippen LogP contribution is 2.54. The number of esters is 1. The first-order valence-corrected chi connectivity index (χ1v) is 13.3. The molecular weight excluding hydrogens is 496 g/mol. The number of aliphatic hydroxyl groups is 1. The third-order valence-electron chi connectivity index (χ3n) is 8.36. The standard InChI is InChI=1S/C28H33ClN2O6/c1-4-16(2)19(15-32)31-24-26(34)30(23-17(3)9-7-10-18(23)29)13-8-12-28(24)22(25(31)33)21-20(37-28)11-5-6-14-36-27(21)35/h5,7-12,16,19-22,24,32H,4,6,13-15H2,1-3H3/t16-,19-,20-,21+,22-,24?,28-/m0/s1. The lowest BCUT2D eigenvalue weighted by Crippen LogP contribution is -2.59. The summed E-state index contributed by atoms with van der Waals surface area (Å²) >= 11 is 6.58. The number of fused-ring (bicyclic) bond motifs is 2. The average molecular weight is 529 g/mol. The summed E-state index contributed by atoms with van der Waals surface area (Å²) in [5, 5.41) is 10.9. The minimum absolute atomic E-state index is 0.0969. The van der Waals surface area contributed by atoms with Crippen LogP contribution in [-0.2, 0) is 23.9 Å². The molecule has 8 nitrogen and oxygen atoms in total. The Morgan fingerprint density at radius 1 is 1.22 bits per heavy atom. The van der Waals surface area contributed by atoms with Gasteiger partial charge in [-0.05, 0) is 30.9 Å². The highest BCUT2D eigenvalue weighted by molar-refractivity contribution is 6.34. The van der Waals surface area contributed by atoms with Gasteiger partial charge in [0.1, 0.15) is 17.6 Å². The zero-order valence-corrected chi connectivity index (χ0v) is 22.1. The van der Waals surface area contributed by atoms with Crippen molar-refractivity contribution in [3.05, 3.63) is 53.1 Å². The van der Waals surface area contributed by atoms with E-state index in [2.05, 4.69) is 0 Å². The lowest BCUT2D eigenvalue weighted by atomic mass is 9.77. The fraction of sp³-hybridized carbons (Fsp3) is 0.536. The number of carbonyl (C=O) groups is 3. The van der Waals surface area contributed by atoms with E-state index in [9.17, 15) is 19.5 Å². The third-order valence-corrected chi connectivity index (χ3v) is 8.67. The van der Waals surface area contributed by atoms with E-state index in [-0.39, 0.29) is 37.5 Å². The zero-order valence-electron chi connectivity index (χ0n) is 21.3. The SMILES string of the molecule is CC[C@H](C)[C@H](CO)N1C(=O)[C@@H]2[C@@H]3C(=O)OCCC=C[C@@H]3O[C@@]23C=CCN(c2c(C)cccc2Cl)C(=O)C13. The molecule has 1 spiro atoms. The van der Waals surface area contributed by atoms with Gasteiger partial charge in [0.25, 0.3) is 5.91 Å². The molecule has 7 atom stereocenters. The molecule has 0 radical (unpaired) electrons. The van der Waals surface area contributed by atoms with Crippen molar-refractivity contribution in [3.8, 4) is 0 Å². The molecule has 1 unspecified atom stereocenters. The van der Waals surface area contributed by atoms with Crippen LogP contribution < -0.4 is 4.90 Å². The Balaban J connectivity index is 1.69. The lowest BCUT2D eigenvalue weighted by molar-refractivity contribution is -0.155. The molecule has 2 fully saturated rings. The first-order chi connectivity index (χ1) is 17.8. The van der Waals surface area contributed by atoms with E-state index >= 15 is 0 Å². The highest BCUT2D eigenvalue weighted by atomic mass is 35.5. The molecular formula is C28H33ClN2O6. The number of amides is 2. The maximum atomic E-state index is 14.5. The molecule has 4 heterocycles. The number of anilines is 1. The Hall–Kier alpha value is -2.68. The first-order valence-electron chi connectivity index (χ1n) is 12.9. The van der Waals surface area contributed by atoms with E-state index in [1.807, 2.05) is 51.1 Å². The number of carbonyl (C=O) groups excluding carboxylic acids is 3. The quantitative estimate of drug-likeness (QED) is 0.466. The Morgan fingerprint density at radius 2 is 2.00 bits per heavy atom. The predicted molar refractivity (Wildman–Crippen MR) is 138 cm³/mol. The van der Waals surface area contributed by atoms with Gasteiger partial charge >= 0.3 is 5.97 Å². The fourth-order valence-corrected chi connectivity index (χ4v) is 6.71. The number of nitrogens with zero attached hydrogens (tertiary/aromatic N) is 2. The van der Waals surface area contributed by atoms with E-state index in [1.165, 1.54) is 4.90 Å². The molecule has 5 rings (SSSR count). The molecule has 4 aliphatic rings. The Bertz CT molecular complexity index is 1150. The summed E-state index contributed by atoms with van der Waals surface area (Å²) in [6.07, 6.45) is 7.83. The number of cyclic esters (lactones) is 1. The molecule has 1 N–H and O–H groups in total. The van der Waals surface area contributed by atoms with Gasteiger partial charge in [-0.15, -0.1) is 0 Å². The van der Waals surface area contributed by atoms with Crippen molar-refractivity contribution in [2.45, 2.75) is 57.4 Å². The van der Waals surface area contributed by atoms with E-state index in [0.717, 1.165) is 5.56 Å². The van der Waals surface area contributed by atoms with Gasteiger partial charge < -0.3 is 24.4 Å². The van der Waals surface area contributed by atoms with Gasteiger partial charge in [-0.3, -0.25) is 14.4 Å². The molecule has 37 heavy (non-hydrogen) atoms. The molecule has 1 aromatic carbocycles. The molecule has 1 aromatic rings. The van der Waals surface area contributed by atoms with Gasteiger partial charge in [-0.1, -0.05) is 68.3 Å². The van der Waals surface area contributed by atoms with Crippen molar-refractivity contribution >= 4 is 35.1 Å². The summed E-state index contributed by atoms with van der Waals surface area (Å²) in [5.41, 5.74) is 0.0000111. The Labute approximate surface area is 221 Å². The summed E-state index contributed by atoms with van der Waals surface area (Å²) in [5.74, 6) is -3.18. The van der Waals surface area contributed by atoms with Crippen molar-refractivity contribution < 1.29 is 29.0 Å². The third kappa shape index (κ3) is 3.92. The van der Waals surface area contributed by atoms with Crippen LogP contribution in [0, 0.1) is 24.7 Å². The molecule has 198 valence electrons. The number of hydrogen-bond donors (Lipinski definition) is 1. The topological polar surface area (TPSA) is 96.4 Å². The van der Waals surface area contributed by atoms with Crippen LogP contribution in [0.1, 0.15) is 32.3 Å². The summed E-state index contributed by atoms with van der Waals surface area (Å²) in [4.78, 5) is 45.1. The van der Waals surface area contributed by atoms with Crippen LogP contribution in [-0.4, -0.2) is 71.3 Å². The van der Waals surface area contributed by atoms with Crippen LogP contribution in [0.15, 0.2) is 42.5 Å².